The minimum atomic E-state index is -0.698. The predicted molar refractivity (Wildman–Crippen MR) is 113 cm³/mol. The van der Waals surface area contributed by atoms with Gasteiger partial charge in [-0.15, -0.1) is 0 Å². The summed E-state index contributed by atoms with van der Waals surface area (Å²) in [6.45, 7) is 10.4. The number of para-hydroxylation sites is 1. The fourth-order valence-electron chi connectivity index (χ4n) is 2.87. The van der Waals surface area contributed by atoms with E-state index in [4.69, 9.17) is 4.74 Å². The molecule has 0 aliphatic carbocycles. The van der Waals surface area contributed by atoms with Gasteiger partial charge in [0.2, 0.25) is 0 Å². The maximum atomic E-state index is 12.7. The Hall–Kier alpha value is -2.82. The summed E-state index contributed by atoms with van der Waals surface area (Å²) in [6, 6.07) is 11.0. The molecule has 2 N–H and O–H groups in total. The van der Waals surface area contributed by atoms with Crippen molar-refractivity contribution in [3.8, 4) is 5.75 Å². The van der Waals surface area contributed by atoms with E-state index in [0.717, 1.165) is 29.5 Å². The molecule has 0 saturated carbocycles. The van der Waals surface area contributed by atoms with Crippen molar-refractivity contribution in [1.29, 1.82) is 0 Å². The normalized spacial score (nSPS) is 11.6. The van der Waals surface area contributed by atoms with Crippen molar-refractivity contribution in [2.45, 2.75) is 53.6 Å². The summed E-state index contributed by atoms with van der Waals surface area (Å²) in [7, 11) is 0. The zero-order chi connectivity index (χ0) is 20.7. The maximum absolute atomic E-state index is 12.7. The third kappa shape index (κ3) is 5.59. The van der Waals surface area contributed by atoms with Crippen molar-refractivity contribution in [2.75, 3.05) is 11.9 Å². The van der Waals surface area contributed by atoms with E-state index in [2.05, 4.69) is 23.6 Å². The van der Waals surface area contributed by atoms with Gasteiger partial charge in [0.25, 0.3) is 11.8 Å². The smallest absolute Gasteiger partial charge is 0.265 e. The summed E-state index contributed by atoms with van der Waals surface area (Å²) < 4.78 is 5.91. The van der Waals surface area contributed by atoms with Gasteiger partial charge in [-0.3, -0.25) is 9.59 Å². The van der Waals surface area contributed by atoms with Crippen LogP contribution in [0.4, 0.5) is 5.69 Å². The number of aryl methyl sites for hydroxylation is 2. The van der Waals surface area contributed by atoms with Crippen molar-refractivity contribution >= 4 is 17.5 Å². The fraction of sp³-hybridized carbons (Fsp3) is 0.391. The van der Waals surface area contributed by atoms with E-state index in [9.17, 15) is 9.59 Å². The molecule has 0 fully saturated rings. The predicted octanol–water partition coefficient (Wildman–Crippen LogP) is 4.55. The van der Waals surface area contributed by atoms with Gasteiger partial charge in [0.05, 0.1) is 11.3 Å². The molecule has 2 aromatic carbocycles. The number of nitrogens with one attached hydrogen (secondary N) is 2. The maximum Gasteiger partial charge on any atom is 0.265 e. The third-order valence-corrected chi connectivity index (χ3v) is 4.68. The summed E-state index contributed by atoms with van der Waals surface area (Å²) in [4.78, 5) is 25.1. The van der Waals surface area contributed by atoms with Crippen LogP contribution in [0.2, 0.25) is 0 Å². The number of carbonyl (C=O) groups excluding carboxylic acids is 2. The molecule has 5 heteroatoms. The second kappa shape index (κ2) is 9.93. The standard InChI is InChI=1S/C23H30N2O3/c1-6-7-12-24-23(27)19-10-8-9-11-20(19)25-22(26)18(5)28-21-14-15(2)13-16(3)17(21)4/h8-11,13-14,18H,6-7,12H2,1-5H3,(H,24,27)(H,25,26)/t18-/m0/s1. The van der Waals surface area contributed by atoms with Crippen LogP contribution in [-0.4, -0.2) is 24.5 Å². The van der Waals surface area contributed by atoms with E-state index in [0.29, 0.717) is 23.5 Å². The molecule has 2 aromatic rings. The van der Waals surface area contributed by atoms with Crippen LogP contribution in [0.15, 0.2) is 36.4 Å². The van der Waals surface area contributed by atoms with E-state index in [1.807, 2.05) is 26.8 Å². The Bertz CT molecular complexity index is 846. The molecule has 0 aromatic heterocycles. The molecule has 2 amide bonds. The molecule has 0 spiro atoms. The van der Waals surface area contributed by atoms with E-state index in [1.54, 1.807) is 31.2 Å². The topological polar surface area (TPSA) is 67.4 Å². The highest BCUT2D eigenvalue weighted by atomic mass is 16.5. The van der Waals surface area contributed by atoms with Gasteiger partial charge in [-0.2, -0.15) is 0 Å². The Morgan fingerprint density at radius 3 is 2.54 bits per heavy atom. The minimum Gasteiger partial charge on any atom is -0.481 e. The summed E-state index contributed by atoms with van der Waals surface area (Å²) in [5, 5.41) is 5.71. The Morgan fingerprint density at radius 2 is 1.82 bits per heavy atom. The lowest BCUT2D eigenvalue weighted by Crippen LogP contribution is -2.32. The van der Waals surface area contributed by atoms with Crippen LogP contribution in [0, 0.1) is 20.8 Å². The van der Waals surface area contributed by atoms with Crippen LogP contribution < -0.4 is 15.4 Å². The summed E-state index contributed by atoms with van der Waals surface area (Å²) >= 11 is 0. The van der Waals surface area contributed by atoms with Crippen molar-refractivity contribution in [3.63, 3.8) is 0 Å². The van der Waals surface area contributed by atoms with Gasteiger partial charge in [0, 0.05) is 6.54 Å². The van der Waals surface area contributed by atoms with Crippen LogP contribution in [-0.2, 0) is 4.79 Å². The Morgan fingerprint density at radius 1 is 1.11 bits per heavy atom. The van der Waals surface area contributed by atoms with Crippen LogP contribution in [0.25, 0.3) is 0 Å². The van der Waals surface area contributed by atoms with Gasteiger partial charge in [-0.05, 0) is 69.0 Å². The number of hydrogen-bond acceptors (Lipinski definition) is 3. The lowest BCUT2D eigenvalue weighted by molar-refractivity contribution is -0.122. The molecule has 0 aliphatic rings. The molecule has 0 unspecified atom stereocenters. The van der Waals surface area contributed by atoms with E-state index in [1.165, 1.54) is 0 Å². The Kier molecular flexibility index (Phi) is 7.61. The molecule has 0 bridgehead atoms. The SMILES string of the molecule is CCCCNC(=O)c1ccccc1NC(=O)[C@H](C)Oc1cc(C)cc(C)c1C. The first-order valence-corrected chi connectivity index (χ1v) is 9.76. The van der Waals surface area contributed by atoms with E-state index < -0.39 is 6.10 Å². The fourth-order valence-corrected chi connectivity index (χ4v) is 2.87. The lowest BCUT2D eigenvalue weighted by Gasteiger charge is -2.19. The average molecular weight is 383 g/mol. The van der Waals surface area contributed by atoms with Crippen molar-refractivity contribution in [3.05, 3.63) is 58.7 Å². The molecule has 5 nitrogen and oxygen atoms in total. The average Bonchev–Trinajstić information content (AvgIpc) is 2.66. The number of benzene rings is 2. The van der Waals surface area contributed by atoms with Crippen molar-refractivity contribution in [2.24, 2.45) is 0 Å². The minimum absolute atomic E-state index is 0.192. The van der Waals surface area contributed by atoms with Crippen LogP contribution in [0.5, 0.6) is 5.75 Å². The largest absolute Gasteiger partial charge is 0.481 e. The zero-order valence-electron chi connectivity index (χ0n) is 17.4. The van der Waals surface area contributed by atoms with E-state index >= 15 is 0 Å². The van der Waals surface area contributed by atoms with Crippen LogP contribution in [0.1, 0.15) is 53.7 Å². The second-order valence-electron chi connectivity index (χ2n) is 7.11. The molecule has 1 atom stereocenters. The van der Waals surface area contributed by atoms with Gasteiger partial charge in [0.1, 0.15) is 5.75 Å². The van der Waals surface area contributed by atoms with Crippen molar-refractivity contribution < 1.29 is 14.3 Å². The first kappa shape index (κ1) is 21.5. The number of unbranched alkanes of at least 4 members (excludes halogenated alkanes) is 1. The lowest BCUT2D eigenvalue weighted by atomic mass is 10.1. The van der Waals surface area contributed by atoms with Gasteiger partial charge in [-0.25, -0.2) is 0 Å². The van der Waals surface area contributed by atoms with Gasteiger partial charge in [0.15, 0.2) is 6.10 Å². The zero-order valence-corrected chi connectivity index (χ0v) is 17.4. The Labute approximate surface area is 167 Å². The molecule has 2 rings (SSSR count). The highest BCUT2D eigenvalue weighted by molar-refractivity contribution is 6.04. The van der Waals surface area contributed by atoms with Crippen molar-refractivity contribution in [1.82, 2.24) is 5.32 Å². The number of amides is 2. The molecule has 150 valence electrons. The summed E-state index contributed by atoms with van der Waals surface area (Å²) in [5.41, 5.74) is 4.15. The van der Waals surface area contributed by atoms with Gasteiger partial charge >= 0.3 is 0 Å². The third-order valence-electron chi connectivity index (χ3n) is 4.68. The number of ether oxygens (including phenoxy) is 1. The highest BCUT2D eigenvalue weighted by Crippen LogP contribution is 2.25. The molecule has 0 heterocycles. The summed E-state index contributed by atoms with van der Waals surface area (Å²) in [6.07, 6.45) is 1.22. The quantitative estimate of drug-likeness (QED) is 0.658. The van der Waals surface area contributed by atoms with Gasteiger partial charge in [-0.1, -0.05) is 31.5 Å². The first-order chi connectivity index (χ1) is 13.3. The first-order valence-electron chi connectivity index (χ1n) is 9.76. The summed E-state index contributed by atoms with van der Waals surface area (Å²) in [5.74, 6) is 0.209. The molecule has 0 saturated heterocycles. The number of hydrogen-bond donors (Lipinski definition) is 2. The molecular formula is C23H30N2O3. The van der Waals surface area contributed by atoms with E-state index in [-0.39, 0.29) is 11.8 Å². The van der Waals surface area contributed by atoms with Gasteiger partial charge < -0.3 is 15.4 Å². The highest BCUT2D eigenvalue weighted by Gasteiger charge is 2.19. The van der Waals surface area contributed by atoms with Crippen LogP contribution >= 0.6 is 0 Å². The number of carbonyl (C=O) groups is 2. The second-order valence-corrected chi connectivity index (χ2v) is 7.11. The number of anilines is 1. The number of rotatable bonds is 8. The molecule has 0 aliphatic heterocycles. The van der Waals surface area contributed by atoms with Crippen LogP contribution in [0.3, 0.4) is 0 Å². The molecular weight excluding hydrogens is 352 g/mol. The molecule has 28 heavy (non-hydrogen) atoms. The monoisotopic (exact) mass is 382 g/mol. The molecule has 0 radical (unpaired) electrons. The Balaban J connectivity index is 2.09.